The number of phenolic OH excluding ortho intramolecular Hbond substituents is 1. The number of phenols is 1. The monoisotopic (exact) mass is 467 g/mol. The molecular weight excluding hydrogens is 434 g/mol. The number of hydrogen-bond donors (Lipinski definition) is 1. The average Bonchev–Trinajstić information content (AvgIpc) is 2.70. The van der Waals surface area contributed by atoms with Gasteiger partial charge in [0.1, 0.15) is 12.3 Å². The molecule has 0 bridgehead atoms. The van der Waals surface area contributed by atoms with Gasteiger partial charge < -0.3 is 9.84 Å². The third-order valence-corrected chi connectivity index (χ3v) is 6.55. The Hall–Kier alpha value is -2.73. The van der Waals surface area contributed by atoms with Gasteiger partial charge in [-0.25, -0.2) is 0 Å². The van der Waals surface area contributed by atoms with Gasteiger partial charge in [-0.05, 0) is 53.7 Å². The maximum atomic E-state index is 13.4. The summed E-state index contributed by atoms with van der Waals surface area (Å²) >= 11 is 1.39. The summed E-state index contributed by atoms with van der Waals surface area (Å²) in [5, 5.41) is 11.0. The molecule has 6 heteroatoms. The molecule has 0 spiro atoms. The summed E-state index contributed by atoms with van der Waals surface area (Å²) in [6.45, 7) is 14.2. The number of amides is 1. The van der Waals surface area contributed by atoms with Gasteiger partial charge in [-0.3, -0.25) is 14.5 Å². The largest absolute Gasteiger partial charge is 0.507 e. The zero-order chi connectivity index (χ0) is 24.6. The van der Waals surface area contributed by atoms with Crippen LogP contribution in [0.2, 0.25) is 0 Å². The van der Waals surface area contributed by atoms with Crippen molar-refractivity contribution in [3.63, 3.8) is 0 Å². The number of aromatic hydroxyl groups is 1. The SMILES string of the molecule is CCOC(=O)CN1C(=O)C(=Cc2cc(C(C)(C)C)c(O)c(C(C)(C)C)c2)Sc2ccccc21. The van der Waals surface area contributed by atoms with Crippen LogP contribution in [0.4, 0.5) is 5.69 Å². The molecule has 0 aromatic heterocycles. The third-order valence-electron chi connectivity index (χ3n) is 5.47. The fourth-order valence-electron chi connectivity index (χ4n) is 3.79. The van der Waals surface area contributed by atoms with E-state index in [9.17, 15) is 14.7 Å². The van der Waals surface area contributed by atoms with E-state index in [2.05, 4.69) is 41.5 Å². The van der Waals surface area contributed by atoms with Crippen LogP contribution in [0.15, 0.2) is 46.2 Å². The smallest absolute Gasteiger partial charge is 0.326 e. The van der Waals surface area contributed by atoms with Gasteiger partial charge in [-0.15, -0.1) is 0 Å². The number of para-hydroxylation sites is 1. The molecule has 3 rings (SSSR count). The number of rotatable bonds is 4. The molecule has 0 radical (unpaired) electrons. The highest BCUT2D eigenvalue weighted by molar-refractivity contribution is 8.04. The predicted molar refractivity (Wildman–Crippen MR) is 135 cm³/mol. The lowest BCUT2D eigenvalue weighted by molar-refractivity contribution is -0.142. The van der Waals surface area contributed by atoms with Gasteiger partial charge in [0, 0.05) is 16.0 Å². The van der Waals surface area contributed by atoms with Crippen LogP contribution in [0.25, 0.3) is 6.08 Å². The molecule has 5 nitrogen and oxygen atoms in total. The van der Waals surface area contributed by atoms with Crippen molar-refractivity contribution in [1.82, 2.24) is 0 Å². The Morgan fingerprint density at radius 3 is 2.18 bits per heavy atom. The van der Waals surface area contributed by atoms with E-state index in [1.165, 1.54) is 16.7 Å². The summed E-state index contributed by atoms with van der Waals surface area (Å²) in [6, 6.07) is 11.4. The minimum absolute atomic E-state index is 0.141. The normalized spacial score (nSPS) is 15.5. The molecule has 1 heterocycles. The first kappa shape index (κ1) is 24.9. The van der Waals surface area contributed by atoms with Crippen LogP contribution in [-0.2, 0) is 25.2 Å². The molecule has 1 N–H and O–H groups in total. The molecule has 0 saturated carbocycles. The van der Waals surface area contributed by atoms with Crippen LogP contribution in [0.5, 0.6) is 5.75 Å². The number of thioether (sulfide) groups is 1. The van der Waals surface area contributed by atoms with Crippen molar-refractivity contribution in [3.8, 4) is 5.75 Å². The van der Waals surface area contributed by atoms with E-state index in [1.54, 1.807) is 6.92 Å². The van der Waals surface area contributed by atoms with E-state index in [-0.39, 0.29) is 29.9 Å². The van der Waals surface area contributed by atoms with E-state index in [4.69, 9.17) is 4.74 Å². The maximum absolute atomic E-state index is 13.4. The summed E-state index contributed by atoms with van der Waals surface area (Å²) in [5.74, 6) is -0.384. The Labute approximate surface area is 200 Å². The lowest BCUT2D eigenvalue weighted by Crippen LogP contribution is -2.39. The lowest BCUT2D eigenvalue weighted by Gasteiger charge is -2.30. The third kappa shape index (κ3) is 5.44. The van der Waals surface area contributed by atoms with Gasteiger partial charge in [-0.1, -0.05) is 65.4 Å². The van der Waals surface area contributed by atoms with Crippen LogP contribution in [0.1, 0.15) is 65.2 Å². The Bertz CT molecular complexity index is 1070. The summed E-state index contributed by atoms with van der Waals surface area (Å²) in [7, 11) is 0. The summed E-state index contributed by atoms with van der Waals surface area (Å²) < 4.78 is 5.09. The zero-order valence-corrected chi connectivity index (χ0v) is 21.3. The average molecular weight is 468 g/mol. The molecule has 0 saturated heterocycles. The van der Waals surface area contributed by atoms with E-state index >= 15 is 0 Å². The van der Waals surface area contributed by atoms with E-state index in [0.717, 1.165) is 21.6 Å². The summed E-state index contributed by atoms with van der Waals surface area (Å²) in [5.41, 5.74) is 2.66. The number of benzene rings is 2. The molecule has 0 fully saturated rings. The van der Waals surface area contributed by atoms with E-state index < -0.39 is 5.97 Å². The second-order valence-electron chi connectivity index (χ2n) is 10.2. The first-order valence-corrected chi connectivity index (χ1v) is 12.0. The second-order valence-corrected chi connectivity index (χ2v) is 11.3. The molecule has 0 aliphatic carbocycles. The van der Waals surface area contributed by atoms with Crippen molar-refractivity contribution in [3.05, 3.63) is 58.0 Å². The number of carbonyl (C=O) groups excluding carboxylic acids is 2. The van der Waals surface area contributed by atoms with Crippen LogP contribution >= 0.6 is 11.8 Å². The van der Waals surface area contributed by atoms with Crippen molar-refractivity contribution in [2.75, 3.05) is 18.1 Å². The number of esters is 1. The summed E-state index contributed by atoms with van der Waals surface area (Å²) in [4.78, 5) is 28.5. The van der Waals surface area contributed by atoms with Crippen LogP contribution < -0.4 is 4.90 Å². The lowest BCUT2D eigenvalue weighted by atomic mass is 9.78. The van der Waals surface area contributed by atoms with Crippen LogP contribution in [-0.4, -0.2) is 30.1 Å². The first-order chi connectivity index (χ1) is 15.3. The number of carbonyl (C=O) groups is 2. The molecular formula is C27H33NO4S. The van der Waals surface area contributed by atoms with Crippen molar-refractivity contribution in [1.29, 1.82) is 0 Å². The van der Waals surface area contributed by atoms with Gasteiger partial charge in [0.05, 0.1) is 17.2 Å². The van der Waals surface area contributed by atoms with Crippen molar-refractivity contribution in [2.24, 2.45) is 0 Å². The van der Waals surface area contributed by atoms with Gasteiger partial charge in [0.15, 0.2) is 0 Å². The van der Waals surface area contributed by atoms with Gasteiger partial charge in [0.25, 0.3) is 5.91 Å². The summed E-state index contributed by atoms with van der Waals surface area (Å²) in [6.07, 6.45) is 1.85. The molecule has 1 aliphatic heterocycles. The first-order valence-electron chi connectivity index (χ1n) is 11.2. The highest BCUT2D eigenvalue weighted by atomic mass is 32.2. The van der Waals surface area contributed by atoms with Crippen molar-refractivity contribution >= 4 is 35.4 Å². The van der Waals surface area contributed by atoms with E-state index in [0.29, 0.717) is 16.3 Å². The highest BCUT2D eigenvalue weighted by Gasteiger charge is 2.32. The van der Waals surface area contributed by atoms with E-state index in [1.807, 2.05) is 42.5 Å². The maximum Gasteiger partial charge on any atom is 0.326 e. The molecule has 33 heavy (non-hydrogen) atoms. The fraction of sp³-hybridized carbons (Fsp3) is 0.407. The van der Waals surface area contributed by atoms with Crippen molar-refractivity contribution < 1.29 is 19.4 Å². The molecule has 1 amide bonds. The topological polar surface area (TPSA) is 66.8 Å². The number of anilines is 1. The molecule has 2 aromatic rings. The number of ether oxygens (including phenoxy) is 1. The quantitative estimate of drug-likeness (QED) is 0.439. The Kier molecular flexibility index (Phi) is 6.99. The molecule has 2 aromatic carbocycles. The van der Waals surface area contributed by atoms with Crippen molar-refractivity contribution in [2.45, 2.75) is 64.2 Å². The zero-order valence-electron chi connectivity index (χ0n) is 20.5. The van der Waals surface area contributed by atoms with Gasteiger partial charge in [0.2, 0.25) is 0 Å². The van der Waals surface area contributed by atoms with Gasteiger partial charge >= 0.3 is 5.97 Å². The fourth-order valence-corrected chi connectivity index (χ4v) is 4.85. The molecule has 0 unspecified atom stereocenters. The molecule has 0 atom stereocenters. The standard InChI is InChI=1S/C27H33NO4S/c1-8-32-23(29)16-28-20-11-9-10-12-21(20)33-22(25(28)31)15-17-13-18(26(2,3)4)24(30)19(14-17)27(5,6)7/h9-15,30H,8,16H2,1-7H3. The number of nitrogens with zero attached hydrogens (tertiary/aromatic N) is 1. The Morgan fingerprint density at radius 1 is 1.06 bits per heavy atom. The minimum Gasteiger partial charge on any atom is -0.507 e. The Morgan fingerprint density at radius 2 is 1.64 bits per heavy atom. The van der Waals surface area contributed by atoms with Crippen LogP contribution in [0.3, 0.4) is 0 Å². The minimum atomic E-state index is -0.443. The second kappa shape index (κ2) is 9.26. The molecule has 176 valence electrons. The highest BCUT2D eigenvalue weighted by Crippen LogP contribution is 2.44. The number of fused-ring (bicyclic) bond motifs is 1. The Balaban J connectivity index is 2.12. The van der Waals surface area contributed by atoms with Crippen LogP contribution in [0, 0.1) is 0 Å². The molecule has 1 aliphatic rings. The van der Waals surface area contributed by atoms with Gasteiger partial charge in [-0.2, -0.15) is 0 Å². The number of hydrogen-bond acceptors (Lipinski definition) is 5. The predicted octanol–water partition coefficient (Wildman–Crippen LogP) is 6.03.